The monoisotopic (exact) mass is 419 g/mol. The molecule has 0 unspecified atom stereocenters. The summed E-state index contributed by atoms with van der Waals surface area (Å²) in [5.41, 5.74) is 5.56. The highest BCUT2D eigenvalue weighted by Gasteiger charge is 2.15. The maximum absolute atomic E-state index is 12.9. The molecule has 2 aromatic heterocycles. The molecule has 0 aliphatic rings. The smallest absolute Gasteiger partial charge is 0.293 e. The van der Waals surface area contributed by atoms with Gasteiger partial charge in [-0.05, 0) is 63.1 Å². The summed E-state index contributed by atoms with van der Waals surface area (Å²) in [6.07, 6.45) is 0. The average Bonchev–Trinajstić information content (AvgIpc) is 3.02. The van der Waals surface area contributed by atoms with Gasteiger partial charge in [0.2, 0.25) is 0 Å². The number of pyridine rings is 1. The minimum Gasteiger partial charge on any atom is -0.293 e. The molecule has 0 amide bonds. The summed E-state index contributed by atoms with van der Waals surface area (Å²) in [6, 6.07) is 13.8. The number of Topliss-reactive ketones (excluding diaryl/α,β-unsaturated/α-hetero) is 1. The van der Waals surface area contributed by atoms with Crippen molar-refractivity contribution >= 4 is 39.5 Å². The molecule has 0 aliphatic carbocycles. The van der Waals surface area contributed by atoms with Crippen molar-refractivity contribution < 1.29 is 4.79 Å². The summed E-state index contributed by atoms with van der Waals surface area (Å²) in [5, 5.41) is 2.00. The minimum absolute atomic E-state index is 0.0276. The number of benzene rings is 2. The molecule has 4 rings (SSSR count). The van der Waals surface area contributed by atoms with E-state index in [0.29, 0.717) is 24.4 Å². The summed E-state index contributed by atoms with van der Waals surface area (Å²) in [5.74, 6) is 0.339. The van der Waals surface area contributed by atoms with Crippen molar-refractivity contribution in [3.05, 3.63) is 69.6 Å². The molecule has 30 heavy (non-hydrogen) atoms. The second-order valence-electron chi connectivity index (χ2n) is 7.43. The molecule has 6 heteroatoms. The zero-order valence-electron chi connectivity index (χ0n) is 17.7. The minimum atomic E-state index is -0.0276. The Morgan fingerprint density at radius 1 is 0.967 bits per heavy atom. The van der Waals surface area contributed by atoms with Crippen LogP contribution in [0.2, 0.25) is 0 Å². The van der Waals surface area contributed by atoms with Crippen molar-refractivity contribution in [1.82, 2.24) is 14.1 Å². The van der Waals surface area contributed by atoms with Gasteiger partial charge in [-0.3, -0.25) is 13.9 Å². The lowest BCUT2D eigenvalue weighted by atomic mass is 10.1. The molecule has 5 nitrogen and oxygen atoms in total. The van der Waals surface area contributed by atoms with Gasteiger partial charge in [0.15, 0.2) is 5.78 Å². The Balaban J connectivity index is 1.62. The van der Waals surface area contributed by atoms with Crippen molar-refractivity contribution in [3.8, 4) is 0 Å². The van der Waals surface area contributed by atoms with Crippen LogP contribution in [0.25, 0.3) is 21.9 Å². The molecule has 0 spiro atoms. The van der Waals surface area contributed by atoms with Crippen LogP contribution in [-0.2, 0) is 13.1 Å². The molecule has 0 N–H and O–H groups in total. The predicted octanol–water partition coefficient (Wildman–Crippen LogP) is 4.98. The standard InChI is InChI=1S/C24H25N3O2S/c1-5-26-19-11-10-17(13-20(19)27(6-2)24(26)29)21(28)14-30-22-12-16(4)18-9-7-8-15(3)23(18)25-22/h7-13H,5-6,14H2,1-4H3. The largest absolute Gasteiger partial charge is 0.329 e. The predicted molar refractivity (Wildman–Crippen MR) is 124 cm³/mol. The van der Waals surface area contributed by atoms with Crippen LogP contribution in [0, 0.1) is 13.8 Å². The normalized spacial score (nSPS) is 11.5. The summed E-state index contributed by atoms with van der Waals surface area (Å²) < 4.78 is 3.46. The van der Waals surface area contributed by atoms with Crippen LogP contribution in [0.1, 0.15) is 35.3 Å². The highest BCUT2D eigenvalue weighted by atomic mass is 32.2. The molecule has 2 aromatic carbocycles. The summed E-state index contributed by atoms with van der Waals surface area (Å²) in [4.78, 5) is 30.2. The van der Waals surface area contributed by atoms with Gasteiger partial charge >= 0.3 is 5.69 Å². The molecule has 2 heterocycles. The van der Waals surface area contributed by atoms with E-state index in [0.717, 1.165) is 38.1 Å². The number of para-hydroxylation sites is 1. The summed E-state index contributed by atoms with van der Waals surface area (Å²) >= 11 is 1.45. The van der Waals surface area contributed by atoms with Gasteiger partial charge in [-0.2, -0.15) is 0 Å². The van der Waals surface area contributed by atoms with Crippen LogP contribution in [0.15, 0.2) is 52.3 Å². The van der Waals surface area contributed by atoms with Crippen LogP contribution >= 0.6 is 11.8 Å². The Morgan fingerprint density at radius 2 is 1.70 bits per heavy atom. The quantitative estimate of drug-likeness (QED) is 0.327. The lowest BCUT2D eigenvalue weighted by Crippen LogP contribution is -2.23. The van der Waals surface area contributed by atoms with E-state index in [1.807, 2.05) is 44.2 Å². The number of nitrogens with zero attached hydrogens (tertiary/aromatic N) is 3. The Labute approximate surface area is 179 Å². The fourth-order valence-electron chi connectivity index (χ4n) is 3.93. The molecule has 0 atom stereocenters. The van der Waals surface area contributed by atoms with Crippen LogP contribution in [0.4, 0.5) is 0 Å². The molecule has 0 aliphatic heterocycles. The van der Waals surface area contributed by atoms with E-state index in [-0.39, 0.29) is 11.5 Å². The second-order valence-corrected chi connectivity index (χ2v) is 8.43. The van der Waals surface area contributed by atoms with E-state index < -0.39 is 0 Å². The fraction of sp³-hybridized carbons (Fsp3) is 0.292. The van der Waals surface area contributed by atoms with Crippen molar-refractivity contribution in [2.45, 2.75) is 45.8 Å². The van der Waals surface area contributed by atoms with Gasteiger partial charge in [-0.25, -0.2) is 9.78 Å². The summed E-state index contributed by atoms with van der Waals surface area (Å²) in [6.45, 7) is 9.22. The van der Waals surface area contributed by atoms with E-state index in [4.69, 9.17) is 4.98 Å². The second kappa shape index (κ2) is 8.11. The van der Waals surface area contributed by atoms with Gasteiger partial charge < -0.3 is 0 Å². The third-order valence-corrected chi connectivity index (χ3v) is 6.46. The topological polar surface area (TPSA) is 56.9 Å². The van der Waals surface area contributed by atoms with E-state index in [1.54, 1.807) is 9.13 Å². The number of carbonyl (C=O) groups is 1. The Morgan fingerprint density at radius 3 is 2.43 bits per heavy atom. The van der Waals surface area contributed by atoms with E-state index in [9.17, 15) is 9.59 Å². The first-order chi connectivity index (χ1) is 14.4. The SMILES string of the molecule is CCn1c(=O)n(CC)c2cc(C(=O)CSc3cc(C)c4cccc(C)c4n3)ccc21. The van der Waals surface area contributed by atoms with Gasteiger partial charge in [-0.1, -0.05) is 30.0 Å². The van der Waals surface area contributed by atoms with Gasteiger partial charge in [0, 0.05) is 24.0 Å². The number of thioether (sulfide) groups is 1. The van der Waals surface area contributed by atoms with E-state index in [2.05, 4.69) is 26.0 Å². The van der Waals surface area contributed by atoms with Gasteiger partial charge in [0.05, 0.1) is 27.3 Å². The van der Waals surface area contributed by atoms with Crippen molar-refractivity contribution in [3.63, 3.8) is 0 Å². The van der Waals surface area contributed by atoms with Gasteiger partial charge in [-0.15, -0.1) is 0 Å². The van der Waals surface area contributed by atoms with Crippen LogP contribution in [0.3, 0.4) is 0 Å². The fourth-order valence-corrected chi connectivity index (χ4v) is 4.79. The lowest BCUT2D eigenvalue weighted by Gasteiger charge is -2.08. The Bertz CT molecular complexity index is 1330. The van der Waals surface area contributed by atoms with Crippen LogP contribution < -0.4 is 5.69 Å². The third kappa shape index (κ3) is 3.45. The average molecular weight is 420 g/mol. The van der Waals surface area contributed by atoms with Gasteiger partial charge in [0.1, 0.15) is 0 Å². The first-order valence-corrected chi connectivity index (χ1v) is 11.2. The lowest BCUT2D eigenvalue weighted by molar-refractivity contribution is 0.102. The molecular weight excluding hydrogens is 394 g/mol. The molecular formula is C24H25N3O2S. The number of aryl methyl sites for hydroxylation is 4. The molecule has 0 radical (unpaired) electrons. The van der Waals surface area contributed by atoms with Crippen LogP contribution in [-0.4, -0.2) is 25.7 Å². The summed E-state index contributed by atoms with van der Waals surface area (Å²) in [7, 11) is 0. The van der Waals surface area contributed by atoms with E-state index in [1.165, 1.54) is 11.8 Å². The van der Waals surface area contributed by atoms with Gasteiger partial charge in [0.25, 0.3) is 0 Å². The highest BCUT2D eigenvalue weighted by molar-refractivity contribution is 7.99. The molecule has 154 valence electrons. The zero-order chi connectivity index (χ0) is 21.4. The van der Waals surface area contributed by atoms with Crippen molar-refractivity contribution in [1.29, 1.82) is 0 Å². The molecule has 4 aromatic rings. The number of imidazole rings is 1. The van der Waals surface area contributed by atoms with Crippen molar-refractivity contribution in [2.24, 2.45) is 0 Å². The Kier molecular flexibility index (Phi) is 5.52. The molecule has 0 saturated carbocycles. The van der Waals surface area contributed by atoms with Crippen LogP contribution in [0.5, 0.6) is 0 Å². The number of aromatic nitrogens is 3. The number of hydrogen-bond donors (Lipinski definition) is 0. The zero-order valence-corrected chi connectivity index (χ0v) is 18.5. The van der Waals surface area contributed by atoms with E-state index >= 15 is 0 Å². The molecule has 0 bridgehead atoms. The highest BCUT2D eigenvalue weighted by Crippen LogP contribution is 2.26. The number of ketones is 1. The molecule has 0 fully saturated rings. The first-order valence-electron chi connectivity index (χ1n) is 10.2. The Hall–Kier alpha value is -2.86. The first kappa shape index (κ1) is 20.4. The third-order valence-electron chi connectivity index (χ3n) is 5.55. The van der Waals surface area contributed by atoms with Crippen molar-refractivity contribution in [2.75, 3.05) is 5.75 Å². The number of hydrogen-bond acceptors (Lipinski definition) is 4. The number of fused-ring (bicyclic) bond motifs is 2. The number of rotatable bonds is 6. The molecule has 0 saturated heterocycles. The maximum Gasteiger partial charge on any atom is 0.329 e. The number of carbonyl (C=O) groups excluding carboxylic acids is 1. The maximum atomic E-state index is 12.9.